The first kappa shape index (κ1) is 12.1. The van der Waals surface area contributed by atoms with Crippen LogP contribution in [0.4, 0.5) is 5.69 Å². The molecule has 0 saturated carbocycles. The zero-order chi connectivity index (χ0) is 12.5. The van der Waals surface area contributed by atoms with Crippen molar-refractivity contribution in [2.24, 2.45) is 5.73 Å². The molecule has 0 bridgehead atoms. The lowest BCUT2D eigenvalue weighted by molar-refractivity contribution is -0.387. The van der Waals surface area contributed by atoms with Gasteiger partial charge in [0.25, 0.3) is 5.69 Å². The smallest absolute Gasteiger partial charge is 0.288 e. The summed E-state index contributed by atoms with van der Waals surface area (Å²) in [5, 5.41) is 10.6. The average molecular weight is 244 g/mol. The minimum Gasteiger partial charge on any atom is -0.366 e. The lowest BCUT2D eigenvalue weighted by Gasteiger charge is -2.04. The standard InChI is InChI=1S/C8H8N2O5S/c1-16(14,15)7-5(8(9)11)3-2-4-6(7)10(12)13/h2-4H,1H3,(H2,9,11). The number of hydrogen-bond acceptors (Lipinski definition) is 5. The number of carbonyl (C=O) groups excluding carboxylic acids is 1. The van der Waals surface area contributed by atoms with Crippen LogP contribution in [0.5, 0.6) is 0 Å². The molecule has 1 rings (SSSR count). The molecule has 0 heterocycles. The summed E-state index contributed by atoms with van der Waals surface area (Å²) in [6.07, 6.45) is 0.780. The van der Waals surface area contributed by atoms with Crippen LogP contribution in [-0.4, -0.2) is 25.5 Å². The zero-order valence-electron chi connectivity index (χ0n) is 8.21. The van der Waals surface area contributed by atoms with E-state index in [-0.39, 0.29) is 5.56 Å². The topological polar surface area (TPSA) is 120 Å². The van der Waals surface area contributed by atoms with E-state index in [1.165, 1.54) is 6.07 Å². The Morgan fingerprint density at radius 2 is 2.00 bits per heavy atom. The minimum atomic E-state index is -3.90. The lowest BCUT2D eigenvalue weighted by atomic mass is 10.2. The minimum absolute atomic E-state index is 0.378. The molecule has 86 valence electrons. The molecule has 16 heavy (non-hydrogen) atoms. The monoisotopic (exact) mass is 244 g/mol. The molecule has 7 nitrogen and oxygen atoms in total. The summed E-state index contributed by atoms with van der Waals surface area (Å²) in [7, 11) is -3.90. The molecule has 0 aliphatic carbocycles. The normalized spacial score (nSPS) is 11.1. The third kappa shape index (κ3) is 2.16. The highest BCUT2D eigenvalue weighted by Crippen LogP contribution is 2.26. The molecule has 0 fully saturated rings. The number of rotatable bonds is 3. The van der Waals surface area contributed by atoms with E-state index in [1.807, 2.05) is 0 Å². The van der Waals surface area contributed by atoms with E-state index in [0.717, 1.165) is 18.4 Å². The molecule has 0 unspecified atom stereocenters. The summed E-state index contributed by atoms with van der Waals surface area (Å²) >= 11 is 0. The van der Waals surface area contributed by atoms with Crippen molar-refractivity contribution in [3.63, 3.8) is 0 Å². The third-order valence-electron chi connectivity index (χ3n) is 1.83. The van der Waals surface area contributed by atoms with Crippen LogP contribution in [0.1, 0.15) is 10.4 Å². The SMILES string of the molecule is CS(=O)(=O)c1c(C(N)=O)cccc1[N+](=O)[O-]. The number of sulfone groups is 1. The quantitative estimate of drug-likeness (QED) is 0.597. The average Bonchev–Trinajstić information content (AvgIpc) is 2.15. The number of nitro groups is 1. The van der Waals surface area contributed by atoms with Crippen molar-refractivity contribution in [2.75, 3.05) is 6.26 Å². The first-order valence-corrected chi connectivity index (χ1v) is 5.91. The largest absolute Gasteiger partial charge is 0.366 e. The Balaban J connectivity index is 3.75. The molecule has 0 aromatic heterocycles. The molecular weight excluding hydrogens is 236 g/mol. The Morgan fingerprint density at radius 1 is 1.44 bits per heavy atom. The number of primary amides is 1. The predicted octanol–water partition coefficient (Wildman–Crippen LogP) is 0.0972. The van der Waals surface area contributed by atoms with Gasteiger partial charge >= 0.3 is 0 Å². The van der Waals surface area contributed by atoms with Crippen LogP contribution in [-0.2, 0) is 9.84 Å². The van der Waals surface area contributed by atoms with Crippen LogP contribution in [0.25, 0.3) is 0 Å². The van der Waals surface area contributed by atoms with Crippen LogP contribution in [0, 0.1) is 10.1 Å². The molecule has 0 radical (unpaired) electrons. The number of carbonyl (C=O) groups is 1. The molecule has 1 aromatic rings. The summed E-state index contributed by atoms with van der Waals surface area (Å²) in [5.74, 6) is -1.02. The maximum absolute atomic E-state index is 11.4. The van der Waals surface area contributed by atoms with Gasteiger partial charge in [0.05, 0.1) is 10.5 Å². The molecule has 1 aromatic carbocycles. The molecule has 0 aliphatic rings. The summed E-state index contributed by atoms with van der Waals surface area (Å²) in [4.78, 5) is 20.1. The fraction of sp³-hybridized carbons (Fsp3) is 0.125. The van der Waals surface area contributed by atoms with Crippen LogP contribution >= 0.6 is 0 Å². The lowest BCUT2D eigenvalue weighted by Crippen LogP contribution is -2.17. The Labute approximate surface area is 90.9 Å². The fourth-order valence-electron chi connectivity index (χ4n) is 1.25. The molecule has 0 aliphatic heterocycles. The second kappa shape index (κ2) is 3.89. The first-order chi connectivity index (χ1) is 7.25. The molecule has 2 N–H and O–H groups in total. The Morgan fingerprint density at radius 3 is 2.38 bits per heavy atom. The van der Waals surface area contributed by atoms with Crippen LogP contribution < -0.4 is 5.73 Å². The second-order valence-corrected chi connectivity index (χ2v) is 5.00. The van der Waals surface area contributed by atoms with Gasteiger partial charge in [-0.1, -0.05) is 6.07 Å². The van der Waals surface area contributed by atoms with Gasteiger partial charge < -0.3 is 5.73 Å². The van der Waals surface area contributed by atoms with Crippen molar-refractivity contribution in [2.45, 2.75) is 4.90 Å². The van der Waals surface area contributed by atoms with Gasteiger partial charge in [-0.05, 0) is 6.07 Å². The van der Waals surface area contributed by atoms with Gasteiger partial charge in [0.2, 0.25) is 5.91 Å². The van der Waals surface area contributed by atoms with E-state index in [1.54, 1.807) is 0 Å². The van der Waals surface area contributed by atoms with Gasteiger partial charge in [0.1, 0.15) is 0 Å². The van der Waals surface area contributed by atoms with E-state index < -0.39 is 31.3 Å². The van der Waals surface area contributed by atoms with E-state index in [0.29, 0.717) is 0 Å². The highest BCUT2D eigenvalue weighted by molar-refractivity contribution is 7.91. The van der Waals surface area contributed by atoms with Gasteiger partial charge in [-0.2, -0.15) is 0 Å². The first-order valence-electron chi connectivity index (χ1n) is 4.02. The van der Waals surface area contributed by atoms with Crippen molar-refractivity contribution < 1.29 is 18.1 Å². The van der Waals surface area contributed by atoms with Gasteiger partial charge in [-0.25, -0.2) is 8.42 Å². The number of amides is 1. The maximum atomic E-state index is 11.4. The number of nitro benzene ring substituents is 1. The molecule has 0 spiro atoms. The molecule has 0 saturated heterocycles. The zero-order valence-corrected chi connectivity index (χ0v) is 9.02. The number of benzene rings is 1. The Kier molecular flexibility index (Phi) is 2.95. The van der Waals surface area contributed by atoms with Crippen LogP contribution in [0.2, 0.25) is 0 Å². The number of hydrogen-bond donors (Lipinski definition) is 1. The Bertz CT molecular complexity index is 532. The fourth-order valence-corrected chi connectivity index (χ4v) is 2.34. The number of nitrogens with zero attached hydrogens (tertiary/aromatic N) is 1. The number of nitrogens with two attached hydrogens (primary N) is 1. The van der Waals surface area contributed by atoms with Crippen molar-refractivity contribution in [3.8, 4) is 0 Å². The summed E-state index contributed by atoms with van der Waals surface area (Å²) < 4.78 is 22.7. The van der Waals surface area contributed by atoms with Crippen molar-refractivity contribution in [1.29, 1.82) is 0 Å². The van der Waals surface area contributed by atoms with Crippen LogP contribution in [0.15, 0.2) is 23.1 Å². The summed E-state index contributed by atoms with van der Waals surface area (Å²) in [5.41, 5.74) is 3.92. The van der Waals surface area contributed by atoms with E-state index in [9.17, 15) is 23.3 Å². The summed E-state index contributed by atoms with van der Waals surface area (Å²) in [6, 6.07) is 3.33. The van der Waals surface area contributed by atoms with Gasteiger partial charge in [0, 0.05) is 12.3 Å². The predicted molar refractivity (Wildman–Crippen MR) is 54.7 cm³/mol. The van der Waals surface area contributed by atoms with Gasteiger partial charge in [0.15, 0.2) is 14.7 Å². The van der Waals surface area contributed by atoms with Gasteiger partial charge in [-0.3, -0.25) is 14.9 Å². The van der Waals surface area contributed by atoms with Crippen molar-refractivity contribution >= 4 is 21.4 Å². The molecule has 1 amide bonds. The van der Waals surface area contributed by atoms with E-state index in [4.69, 9.17) is 5.73 Å². The van der Waals surface area contributed by atoms with Crippen LogP contribution in [0.3, 0.4) is 0 Å². The second-order valence-electron chi connectivity index (χ2n) is 3.05. The summed E-state index contributed by atoms with van der Waals surface area (Å²) in [6.45, 7) is 0. The highest BCUT2D eigenvalue weighted by Gasteiger charge is 2.27. The van der Waals surface area contributed by atoms with Crippen molar-refractivity contribution in [3.05, 3.63) is 33.9 Å². The Hall–Kier alpha value is -1.96. The van der Waals surface area contributed by atoms with Crippen molar-refractivity contribution in [1.82, 2.24) is 0 Å². The van der Waals surface area contributed by atoms with E-state index >= 15 is 0 Å². The maximum Gasteiger partial charge on any atom is 0.288 e. The third-order valence-corrected chi connectivity index (χ3v) is 3.00. The van der Waals surface area contributed by atoms with E-state index in [2.05, 4.69) is 0 Å². The van der Waals surface area contributed by atoms with Gasteiger partial charge in [-0.15, -0.1) is 0 Å². The molecular formula is C8H8N2O5S. The molecule has 8 heteroatoms. The highest BCUT2D eigenvalue weighted by atomic mass is 32.2. The molecule has 0 atom stereocenters.